The number of rotatable bonds is 8. The summed E-state index contributed by atoms with van der Waals surface area (Å²) in [6, 6.07) is 7.14. The number of ketones is 1. The van der Waals surface area contributed by atoms with Gasteiger partial charge in [-0.05, 0) is 31.4 Å². The van der Waals surface area contributed by atoms with Crippen LogP contribution in [0.25, 0.3) is 0 Å². The normalized spacial score (nSPS) is 12.8. The van der Waals surface area contributed by atoms with Gasteiger partial charge in [0, 0.05) is 5.41 Å². The van der Waals surface area contributed by atoms with Crippen LogP contribution in [-0.4, -0.2) is 27.2 Å². The minimum atomic E-state index is -0.412. The number of benzene rings is 1. The van der Waals surface area contributed by atoms with Crippen LogP contribution < -0.4 is 4.74 Å². The van der Waals surface area contributed by atoms with Gasteiger partial charge in [0.25, 0.3) is 0 Å². The van der Waals surface area contributed by atoms with Gasteiger partial charge in [-0.3, -0.25) is 4.79 Å². The zero-order valence-electron chi connectivity index (χ0n) is 14.4. The number of halogens is 1. The van der Waals surface area contributed by atoms with E-state index in [1.807, 2.05) is 39.0 Å². The molecular formula is C18H24ClN3O2. The number of aromatic nitrogens is 3. The first kappa shape index (κ1) is 18.5. The Kier molecular flexibility index (Phi) is 6.37. The Morgan fingerprint density at radius 3 is 2.67 bits per heavy atom. The van der Waals surface area contributed by atoms with Gasteiger partial charge in [0.2, 0.25) is 0 Å². The first-order chi connectivity index (χ1) is 11.4. The summed E-state index contributed by atoms with van der Waals surface area (Å²) in [6.07, 6.45) is 5.48. The maximum absolute atomic E-state index is 12.7. The van der Waals surface area contributed by atoms with Gasteiger partial charge in [-0.25, -0.2) is 9.67 Å². The molecule has 0 bridgehead atoms. The van der Waals surface area contributed by atoms with Crippen LogP contribution in [0.3, 0.4) is 0 Å². The van der Waals surface area contributed by atoms with Crippen molar-refractivity contribution in [3.05, 3.63) is 41.9 Å². The van der Waals surface area contributed by atoms with E-state index in [1.165, 1.54) is 6.33 Å². The molecule has 2 rings (SSSR count). The van der Waals surface area contributed by atoms with E-state index in [0.717, 1.165) is 12.8 Å². The lowest BCUT2D eigenvalue weighted by Crippen LogP contribution is -2.31. The highest BCUT2D eigenvalue weighted by atomic mass is 35.5. The van der Waals surface area contributed by atoms with Gasteiger partial charge in [-0.15, -0.1) is 0 Å². The Hall–Kier alpha value is -1.88. The first-order valence-electron chi connectivity index (χ1n) is 8.15. The minimum Gasteiger partial charge on any atom is -0.492 e. The molecule has 0 spiro atoms. The number of carbonyl (C=O) groups excluding carboxylic acids is 1. The monoisotopic (exact) mass is 349 g/mol. The fourth-order valence-corrected chi connectivity index (χ4v) is 2.64. The van der Waals surface area contributed by atoms with Gasteiger partial charge in [-0.2, -0.15) is 5.10 Å². The molecule has 1 aromatic heterocycles. The molecule has 0 N–H and O–H groups in total. The lowest BCUT2D eigenvalue weighted by atomic mass is 9.85. The highest BCUT2D eigenvalue weighted by Gasteiger charge is 2.30. The number of hydrogen-bond acceptors (Lipinski definition) is 4. The zero-order valence-corrected chi connectivity index (χ0v) is 15.2. The summed E-state index contributed by atoms with van der Waals surface area (Å²) in [5.74, 6) is 0.859. The Morgan fingerprint density at radius 1 is 1.29 bits per heavy atom. The Bertz CT molecular complexity index is 651. The molecule has 1 unspecified atom stereocenters. The minimum absolute atomic E-state index is 0.167. The molecular weight excluding hydrogens is 326 g/mol. The summed E-state index contributed by atoms with van der Waals surface area (Å²) in [5, 5.41) is 4.76. The summed E-state index contributed by atoms with van der Waals surface area (Å²) in [6.45, 7) is 6.36. The average Bonchev–Trinajstić information content (AvgIpc) is 3.05. The molecule has 24 heavy (non-hydrogen) atoms. The quantitative estimate of drug-likeness (QED) is 0.665. The second-order valence-electron chi connectivity index (χ2n) is 6.78. The van der Waals surface area contributed by atoms with Gasteiger partial charge >= 0.3 is 0 Å². The molecule has 130 valence electrons. The number of unbranched alkanes of at least 4 members (excludes halogenated alkanes) is 1. The second-order valence-corrected chi connectivity index (χ2v) is 7.19. The molecule has 0 aliphatic heterocycles. The molecule has 1 aromatic carbocycles. The first-order valence-corrected chi connectivity index (χ1v) is 8.53. The van der Waals surface area contributed by atoms with Crippen molar-refractivity contribution >= 4 is 17.4 Å². The van der Waals surface area contributed by atoms with Gasteiger partial charge in [0.05, 0.1) is 11.6 Å². The third-order valence-corrected chi connectivity index (χ3v) is 4.08. The summed E-state index contributed by atoms with van der Waals surface area (Å²) in [4.78, 5) is 16.6. The molecule has 0 fully saturated rings. The second kappa shape index (κ2) is 8.29. The zero-order chi connectivity index (χ0) is 17.6. The van der Waals surface area contributed by atoms with Crippen molar-refractivity contribution in [1.82, 2.24) is 14.8 Å². The number of hydrogen-bond donors (Lipinski definition) is 0. The fourth-order valence-electron chi connectivity index (χ4n) is 2.45. The molecule has 0 aliphatic rings. The molecule has 0 saturated heterocycles. The predicted octanol–water partition coefficient (Wildman–Crippen LogP) is 4.34. The van der Waals surface area contributed by atoms with E-state index in [-0.39, 0.29) is 11.8 Å². The largest absolute Gasteiger partial charge is 0.492 e. The number of ether oxygens (including phenoxy) is 1. The Balaban J connectivity index is 1.85. The van der Waals surface area contributed by atoms with Gasteiger partial charge in [0.1, 0.15) is 24.4 Å². The summed E-state index contributed by atoms with van der Waals surface area (Å²) < 4.78 is 7.34. The molecule has 2 aromatic rings. The molecule has 0 saturated carbocycles. The van der Waals surface area contributed by atoms with E-state index in [9.17, 15) is 4.79 Å². The fraction of sp³-hybridized carbons (Fsp3) is 0.500. The van der Waals surface area contributed by atoms with Crippen molar-refractivity contribution in [2.24, 2.45) is 5.41 Å². The van der Waals surface area contributed by atoms with Crippen LogP contribution in [0.15, 0.2) is 36.9 Å². The van der Waals surface area contributed by atoms with Crippen LogP contribution in [-0.2, 0) is 4.79 Å². The van der Waals surface area contributed by atoms with Crippen molar-refractivity contribution < 1.29 is 9.53 Å². The number of nitrogens with zero attached hydrogens (tertiary/aromatic N) is 3. The van der Waals surface area contributed by atoms with Crippen LogP contribution in [0.4, 0.5) is 0 Å². The van der Waals surface area contributed by atoms with Crippen molar-refractivity contribution in [2.45, 2.75) is 46.1 Å². The van der Waals surface area contributed by atoms with Gasteiger partial charge in [0.15, 0.2) is 5.78 Å². The highest BCUT2D eigenvalue weighted by Crippen LogP contribution is 2.27. The van der Waals surface area contributed by atoms with Crippen molar-refractivity contribution in [3.63, 3.8) is 0 Å². The van der Waals surface area contributed by atoms with E-state index < -0.39 is 5.41 Å². The van der Waals surface area contributed by atoms with E-state index in [0.29, 0.717) is 23.8 Å². The summed E-state index contributed by atoms with van der Waals surface area (Å²) in [5.41, 5.74) is -0.412. The summed E-state index contributed by atoms with van der Waals surface area (Å²) >= 11 is 6.06. The van der Waals surface area contributed by atoms with Crippen LogP contribution in [0, 0.1) is 5.41 Å². The van der Waals surface area contributed by atoms with Crippen molar-refractivity contribution in [2.75, 3.05) is 6.61 Å². The standard InChI is InChI=1S/C18H24ClN3O2/c1-18(2,3)17(23)15(22-13-20-12-21-22)9-6-7-11-24-16-10-5-4-8-14(16)19/h4-5,8,10,12-13,15H,6-7,9,11H2,1-3H3. The van der Waals surface area contributed by atoms with Crippen LogP contribution in [0.5, 0.6) is 5.75 Å². The van der Waals surface area contributed by atoms with E-state index in [2.05, 4.69) is 10.1 Å². The number of carbonyl (C=O) groups is 1. The SMILES string of the molecule is CC(C)(C)C(=O)C(CCCCOc1ccccc1Cl)n1cncn1. The number of Topliss-reactive ketones (excluding diaryl/α,β-unsaturated/α-hetero) is 1. The highest BCUT2D eigenvalue weighted by molar-refractivity contribution is 6.32. The molecule has 1 atom stereocenters. The van der Waals surface area contributed by atoms with Crippen molar-refractivity contribution in [1.29, 1.82) is 0 Å². The molecule has 1 heterocycles. The smallest absolute Gasteiger partial charge is 0.162 e. The Labute approximate surface area is 148 Å². The van der Waals surface area contributed by atoms with E-state index in [4.69, 9.17) is 16.3 Å². The van der Waals surface area contributed by atoms with Crippen LogP contribution >= 0.6 is 11.6 Å². The van der Waals surface area contributed by atoms with Gasteiger partial charge < -0.3 is 4.74 Å². The summed E-state index contributed by atoms with van der Waals surface area (Å²) in [7, 11) is 0. The predicted molar refractivity (Wildman–Crippen MR) is 94.3 cm³/mol. The lowest BCUT2D eigenvalue weighted by molar-refractivity contribution is -0.130. The Morgan fingerprint density at radius 2 is 2.04 bits per heavy atom. The maximum Gasteiger partial charge on any atom is 0.162 e. The van der Waals surface area contributed by atoms with Crippen LogP contribution in [0.1, 0.15) is 46.1 Å². The third-order valence-electron chi connectivity index (χ3n) is 3.76. The van der Waals surface area contributed by atoms with E-state index >= 15 is 0 Å². The molecule has 0 aliphatic carbocycles. The van der Waals surface area contributed by atoms with Crippen LogP contribution in [0.2, 0.25) is 5.02 Å². The third kappa shape index (κ3) is 5.06. The van der Waals surface area contributed by atoms with Crippen molar-refractivity contribution in [3.8, 4) is 5.75 Å². The maximum atomic E-state index is 12.7. The molecule has 0 radical (unpaired) electrons. The van der Waals surface area contributed by atoms with E-state index in [1.54, 1.807) is 17.1 Å². The average molecular weight is 350 g/mol. The molecule has 0 amide bonds. The topological polar surface area (TPSA) is 57.0 Å². The van der Waals surface area contributed by atoms with Gasteiger partial charge in [-0.1, -0.05) is 44.5 Å². The molecule has 6 heteroatoms. The molecule has 5 nitrogen and oxygen atoms in total. The lowest BCUT2D eigenvalue weighted by Gasteiger charge is -2.24. The number of para-hydroxylation sites is 1.